The van der Waals surface area contributed by atoms with Crippen LogP contribution in [-0.4, -0.2) is 21.6 Å². The van der Waals surface area contributed by atoms with Gasteiger partial charge in [-0.1, -0.05) is 75.7 Å². The predicted molar refractivity (Wildman–Crippen MR) is 141 cm³/mol. The molecule has 1 aliphatic carbocycles. The standard InChI is InChI=1S/C31H29N2O3.Pt/c1-19(2)31-29(3,4)23-13-6-7-14-24(23)30(31,5)33-28(36-31)21-11-8-12-22(18-21)35-26-17-16-20-10-9-15-25(34)27(20)32-26;/h6-17,19,34H,1-5H3;/q-1;/t30-,31+;/m0./s1. The Bertz CT molecular complexity index is 1550. The number of hydrogen-bond acceptors (Lipinski definition) is 5. The molecule has 2 heterocycles. The Morgan fingerprint density at radius 2 is 1.62 bits per heavy atom. The van der Waals surface area contributed by atoms with E-state index in [9.17, 15) is 5.11 Å². The summed E-state index contributed by atoms with van der Waals surface area (Å²) in [6, 6.07) is 26.5. The Labute approximate surface area is 231 Å². The molecule has 1 aromatic heterocycles. The Morgan fingerprint density at radius 1 is 0.892 bits per heavy atom. The quantitative estimate of drug-likeness (QED) is 0.240. The molecule has 2 atom stereocenters. The van der Waals surface area contributed by atoms with Gasteiger partial charge >= 0.3 is 0 Å². The molecule has 0 radical (unpaired) electrons. The van der Waals surface area contributed by atoms with E-state index in [1.807, 2.05) is 30.3 Å². The third-order valence-electron chi connectivity index (χ3n) is 8.06. The monoisotopic (exact) mass is 672 g/mol. The van der Waals surface area contributed by atoms with Crippen LogP contribution in [0.25, 0.3) is 10.9 Å². The number of benzene rings is 3. The van der Waals surface area contributed by atoms with Gasteiger partial charge in [0.15, 0.2) is 0 Å². The zero-order valence-corrected chi connectivity index (χ0v) is 23.8. The van der Waals surface area contributed by atoms with Crippen molar-refractivity contribution in [1.29, 1.82) is 0 Å². The van der Waals surface area contributed by atoms with Crippen molar-refractivity contribution < 1.29 is 35.6 Å². The fourth-order valence-electron chi connectivity index (χ4n) is 6.64. The summed E-state index contributed by atoms with van der Waals surface area (Å²) in [5.74, 6) is 1.78. The van der Waals surface area contributed by atoms with Gasteiger partial charge in [0, 0.05) is 43.7 Å². The predicted octanol–water partition coefficient (Wildman–Crippen LogP) is 6.91. The van der Waals surface area contributed by atoms with Crippen LogP contribution in [0.15, 0.2) is 77.8 Å². The first kappa shape index (κ1) is 25.5. The van der Waals surface area contributed by atoms with Gasteiger partial charge in [0.05, 0.1) is 0 Å². The minimum Gasteiger partial charge on any atom is -0.510 e. The van der Waals surface area contributed by atoms with Crippen molar-refractivity contribution in [3.05, 3.63) is 95.6 Å². The van der Waals surface area contributed by atoms with Crippen LogP contribution < -0.4 is 4.74 Å². The van der Waals surface area contributed by atoms with Gasteiger partial charge in [-0.3, -0.25) is 4.99 Å². The maximum atomic E-state index is 10.2. The van der Waals surface area contributed by atoms with E-state index in [4.69, 9.17) is 14.5 Å². The summed E-state index contributed by atoms with van der Waals surface area (Å²) in [5.41, 5.74) is 2.42. The second-order valence-electron chi connectivity index (χ2n) is 10.7. The number of hydrogen-bond donors (Lipinski definition) is 1. The third-order valence-corrected chi connectivity index (χ3v) is 8.06. The van der Waals surface area contributed by atoms with Gasteiger partial charge in [0.25, 0.3) is 0 Å². The van der Waals surface area contributed by atoms with E-state index < -0.39 is 11.1 Å². The molecule has 4 aromatic rings. The number of ether oxygens (including phenoxy) is 2. The summed E-state index contributed by atoms with van der Waals surface area (Å²) >= 11 is 0. The van der Waals surface area contributed by atoms with Crippen LogP contribution in [0.3, 0.4) is 0 Å². The number of nitrogens with zero attached hydrogens (tertiary/aromatic N) is 2. The van der Waals surface area contributed by atoms with E-state index in [1.54, 1.807) is 18.2 Å². The topological polar surface area (TPSA) is 63.9 Å². The molecular formula is C31H29N2O3Pt-. The molecule has 2 aliphatic rings. The molecule has 0 spiro atoms. The summed E-state index contributed by atoms with van der Waals surface area (Å²) in [6.45, 7) is 11.2. The summed E-state index contributed by atoms with van der Waals surface area (Å²) in [6.07, 6.45) is 0. The zero-order chi connectivity index (χ0) is 25.3. The van der Waals surface area contributed by atoms with Crippen molar-refractivity contribution in [3.63, 3.8) is 0 Å². The van der Waals surface area contributed by atoms with Crippen LogP contribution >= 0.6 is 0 Å². The molecule has 6 rings (SSSR count). The molecule has 0 saturated heterocycles. The molecule has 5 nitrogen and oxygen atoms in total. The second kappa shape index (κ2) is 8.70. The van der Waals surface area contributed by atoms with Crippen molar-refractivity contribution >= 4 is 16.8 Å². The molecule has 0 unspecified atom stereocenters. The Kier molecular flexibility index (Phi) is 5.99. The fourth-order valence-corrected chi connectivity index (χ4v) is 6.64. The van der Waals surface area contributed by atoms with Crippen LogP contribution in [0.4, 0.5) is 0 Å². The molecule has 192 valence electrons. The number of aromatic hydroxyl groups is 1. The van der Waals surface area contributed by atoms with E-state index in [1.165, 1.54) is 11.1 Å². The maximum Gasteiger partial charge on any atom is 0.217 e. The molecule has 0 amide bonds. The van der Waals surface area contributed by atoms with E-state index in [2.05, 4.69) is 69.9 Å². The molecule has 37 heavy (non-hydrogen) atoms. The molecule has 0 fully saturated rings. The van der Waals surface area contributed by atoms with E-state index in [-0.39, 0.29) is 38.1 Å². The summed E-state index contributed by atoms with van der Waals surface area (Å²) in [4.78, 5) is 9.72. The number of rotatable bonds is 4. The van der Waals surface area contributed by atoms with Gasteiger partial charge < -0.3 is 14.6 Å². The molecular weight excluding hydrogens is 643 g/mol. The molecule has 0 bridgehead atoms. The number of phenols is 1. The average molecular weight is 673 g/mol. The van der Waals surface area contributed by atoms with Crippen LogP contribution in [0.5, 0.6) is 17.4 Å². The van der Waals surface area contributed by atoms with Crippen LogP contribution in [-0.2, 0) is 36.8 Å². The number of aliphatic imine (C=N–C) groups is 1. The first-order valence-corrected chi connectivity index (χ1v) is 12.4. The zero-order valence-electron chi connectivity index (χ0n) is 21.5. The van der Waals surface area contributed by atoms with E-state index in [0.29, 0.717) is 23.0 Å². The number of para-hydroxylation sites is 1. The van der Waals surface area contributed by atoms with Crippen molar-refractivity contribution in [2.45, 2.75) is 51.2 Å². The molecule has 0 saturated carbocycles. The van der Waals surface area contributed by atoms with Gasteiger partial charge in [-0.05, 0) is 36.1 Å². The number of pyridine rings is 1. The first-order valence-electron chi connectivity index (χ1n) is 12.4. The van der Waals surface area contributed by atoms with Gasteiger partial charge in [0.1, 0.15) is 28.3 Å². The average Bonchev–Trinajstić information content (AvgIpc) is 3.27. The van der Waals surface area contributed by atoms with Crippen LogP contribution in [0.2, 0.25) is 0 Å². The third kappa shape index (κ3) is 3.47. The number of phenolic OH excluding ortho intramolecular Hbond substituents is 1. The Balaban J connectivity index is 0.00000280. The summed E-state index contributed by atoms with van der Waals surface area (Å²) in [5, 5.41) is 11.0. The van der Waals surface area contributed by atoms with Crippen LogP contribution in [0.1, 0.15) is 51.3 Å². The summed E-state index contributed by atoms with van der Waals surface area (Å²) < 4.78 is 13.0. The SMILES string of the molecule is CC(C)[C@]12OC(c3[c-]c(Oc4ccc5cccc(O)c5n4)ccc3)=N[C@@]1(C)c1ccccc1C2(C)C.[Pt]. The van der Waals surface area contributed by atoms with Crippen LogP contribution in [0, 0.1) is 12.0 Å². The minimum absolute atomic E-state index is 0. The molecule has 3 aromatic carbocycles. The van der Waals surface area contributed by atoms with Gasteiger partial charge in [0.2, 0.25) is 5.88 Å². The first-order chi connectivity index (χ1) is 17.2. The maximum absolute atomic E-state index is 10.2. The van der Waals surface area contributed by atoms with Gasteiger partial charge in [-0.25, -0.2) is 4.98 Å². The smallest absolute Gasteiger partial charge is 0.217 e. The van der Waals surface area contributed by atoms with Crippen molar-refractivity contribution in [2.75, 3.05) is 0 Å². The minimum atomic E-state index is -0.541. The molecule has 6 heteroatoms. The van der Waals surface area contributed by atoms with E-state index in [0.717, 1.165) is 10.9 Å². The van der Waals surface area contributed by atoms with Gasteiger partial charge in [-0.15, -0.1) is 18.2 Å². The molecule has 1 N–H and O–H groups in total. The van der Waals surface area contributed by atoms with Crippen molar-refractivity contribution in [1.82, 2.24) is 4.98 Å². The Morgan fingerprint density at radius 3 is 2.38 bits per heavy atom. The largest absolute Gasteiger partial charge is 0.510 e. The van der Waals surface area contributed by atoms with Gasteiger partial charge in [-0.2, -0.15) is 0 Å². The fraction of sp³-hybridized carbons (Fsp3) is 0.290. The Hall–Kier alpha value is -3.17. The second-order valence-corrected chi connectivity index (χ2v) is 10.7. The van der Waals surface area contributed by atoms with Crippen molar-refractivity contribution in [2.24, 2.45) is 10.9 Å². The molecule has 1 aliphatic heterocycles. The summed E-state index contributed by atoms with van der Waals surface area (Å²) in [7, 11) is 0. The number of aromatic nitrogens is 1. The number of fused-ring (bicyclic) bond motifs is 4. The van der Waals surface area contributed by atoms with E-state index >= 15 is 0 Å². The normalized spacial score (nSPS) is 23.1. The van der Waals surface area contributed by atoms with Crippen molar-refractivity contribution in [3.8, 4) is 17.4 Å².